The zero-order valence-electron chi connectivity index (χ0n) is 48.9. The molecule has 1 heterocycles. The van der Waals surface area contributed by atoms with E-state index in [4.69, 9.17) is 14.2 Å². The van der Waals surface area contributed by atoms with Gasteiger partial charge < -0.3 is 45.1 Å². The molecule has 1 saturated heterocycles. The van der Waals surface area contributed by atoms with Gasteiger partial charge in [0.1, 0.15) is 24.4 Å². The minimum Gasteiger partial charge on any atom is -0.454 e. The van der Waals surface area contributed by atoms with Crippen molar-refractivity contribution in [3.8, 4) is 0 Å². The SMILES string of the molecule is CC/C=C/C/C=C/CCCCCCCCC(O)C(=O)NC(COC1OC(CO)C(O)C(O)C1OC(=O)CCCCCCCCCCCCC/C=C\C/C=C\CCCCC)C(O)/C=C/CCCCCCCCCCCCC. The van der Waals surface area contributed by atoms with E-state index in [2.05, 4.69) is 74.7 Å². The molecule has 8 atom stereocenters. The molecule has 0 aromatic carbocycles. The zero-order valence-corrected chi connectivity index (χ0v) is 48.9. The van der Waals surface area contributed by atoms with E-state index in [1.54, 1.807) is 6.08 Å². The molecule has 0 aromatic heterocycles. The molecule has 0 aliphatic carbocycles. The Morgan fingerprint density at radius 2 is 0.947 bits per heavy atom. The highest BCUT2D eigenvalue weighted by molar-refractivity contribution is 5.80. The fourth-order valence-electron chi connectivity index (χ4n) is 9.66. The standard InChI is InChI=1S/C65H117NO10/c1-4-7-10-13-16-19-22-25-26-27-28-29-30-31-32-35-38-41-44-47-50-53-60(70)76-63-62(72)61(71)59(54-67)75-65(63)74-55-56(57(68)51-48-45-42-39-36-33-23-20-17-14-11-8-5-2)66-64(73)58(69)52-49-46-43-40-37-34-24-21-18-15-12-9-6-3/h9,12,16,18-19,21,25-26,48,51,56-59,61-63,65,67-69,71-72H,4-8,10-11,13-15,17,20,22-24,27-47,49-50,52-55H2,1-3H3,(H,66,73)/b12-9+,19-16-,21-18+,26-25-,51-48+. The number of carbonyl (C=O) groups excluding carboxylic acids is 2. The predicted molar refractivity (Wildman–Crippen MR) is 315 cm³/mol. The summed E-state index contributed by atoms with van der Waals surface area (Å²) in [5.41, 5.74) is 0. The molecule has 1 aliphatic heterocycles. The van der Waals surface area contributed by atoms with Crippen molar-refractivity contribution in [1.29, 1.82) is 0 Å². The van der Waals surface area contributed by atoms with Gasteiger partial charge in [-0.15, -0.1) is 0 Å². The Balaban J connectivity index is 2.65. The molecule has 0 radical (unpaired) electrons. The number of esters is 1. The first-order valence-electron chi connectivity index (χ1n) is 31.6. The van der Waals surface area contributed by atoms with Gasteiger partial charge in [0.05, 0.1) is 25.4 Å². The highest BCUT2D eigenvalue weighted by Gasteiger charge is 2.47. The monoisotopic (exact) mass is 1070 g/mol. The van der Waals surface area contributed by atoms with Crippen LogP contribution in [0.5, 0.6) is 0 Å². The topological polar surface area (TPSA) is 175 Å². The van der Waals surface area contributed by atoms with E-state index in [-0.39, 0.29) is 19.4 Å². The number of hydrogen-bond donors (Lipinski definition) is 6. The third-order valence-corrected chi connectivity index (χ3v) is 14.7. The number of carbonyl (C=O) groups is 2. The van der Waals surface area contributed by atoms with Gasteiger partial charge in [-0.3, -0.25) is 9.59 Å². The minimum atomic E-state index is -1.62. The fraction of sp³-hybridized carbons (Fsp3) is 0.815. The second kappa shape index (κ2) is 53.0. The van der Waals surface area contributed by atoms with Crippen LogP contribution < -0.4 is 5.32 Å². The lowest BCUT2D eigenvalue weighted by atomic mass is 9.99. The van der Waals surface area contributed by atoms with Gasteiger partial charge in [0.2, 0.25) is 5.91 Å². The lowest BCUT2D eigenvalue weighted by Gasteiger charge is -2.41. The maximum atomic E-state index is 13.4. The van der Waals surface area contributed by atoms with Gasteiger partial charge >= 0.3 is 5.97 Å². The number of rotatable bonds is 53. The summed E-state index contributed by atoms with van der Waals surface area (Å²) in [4.78, 5) is 26.5. The van der Waals surface area contributed by atoms with Crippen molar-refractivity contribution in [2.75, 3.05) is 13.2 Å². The number of aliphatic hydroxyl groups is 5. The minimum absolute atomic E-state index is 0.120. The van der Waals surface area contributed by atoms with Crippen LogP contribution in [0.15, 0.2) is 60.8 Å². The van der Waals surface area contributed by atoms with Gasteiger partial charge in [-0.2, -0.15) is 0 Å². The van der Waals surface area contributed by atoms with Gasteiger partial charge in [-0.05, 0) is 83.5 Å². The molecule has 11 heteroatoms. The van der Waals surface area contributed by atoms with E-state index >= 15 is 0 Å². The Hall–Kier alpha value is -2.64. The van der Waals surface area contributed by atoms with Crippen LogP contribution >= 0.6 is 0 Å². The zero-order chi connectivity index (χ0) is 55.4. The maximum absolute atomic E-state index is 13.4. The third kappa shape index (κ3) is 40.5. The summed E-state index contributed by atoms with van der Waals surface area (Å²) in [6, 6.07) is -1.03. The Labute approximate surface area is 465 Å². The van der Waals surface area contributed by atoms with Crippen molar-refractivity contribution in [3.63, 3.8) is 0 Å². The summed E-state index contributed by atoms with van der Waals surface area (Å²) in [7, 11) is 0. The van der Waals surface area contributed by atoms with Crippen molar-refractivity contribution < 1.29 is 49.3 Å². The van der Waals surface area contributed by atoms with E-state index in [0.717, 1.165) is 96.3 Å². The first-order valence-corrected chi connectivity index (χ1v) is 31.6. The van der Waals surface area contributed by atoms with Gasteiger partial charge in [0.25, 0.3) is 0 Å². The molecule has 0 spiro atoms. The lowest BCUT2D eigenvalue weighted by Crippen LogP contribution is -2.61. The molecule has 1 fully saturated rings. The highest BCUT2D eigenvalue weighted by Crippen LogP contribution is 2.26. The average molecular weight is 1070 g/mol. The van der Waals surface area contributed by atoms with Gasteiger partial charge in [0.15, 0.2) is 12.4 Å². The smallest absolute Gasteiger partial charge is 0.306 e. The molecule has 1 rings (SSSR count). The molecule has 0 bridgehead atoms. The fourth-order valence-corrected chi connectivity index (χ4v) is 9.66. The molecule has 442 valence electrons. The molecule has 0 aromatic rings. The molecule has 8 unspecified atom stereocenters. The van der Waals surface area contributed by atoms with Crippen molar-refractivity contribution >= 4 is 11.9 Å². The van der Waals surface area contributed by atoms with Crippen LogP contribution in [-0.2, 0) is 23.8 Å². The third-order valence-electron chi connectivity index (χ3n) is 14.7. The van der Waals surface area contributed by atoms with E-state index in [0.29, 0.717) is 12.8 Å². The highest BCUT2D eigenvalue weighted by atomic mass is 16.7. The van der Waals surface area contributed by atoms with Crippen LogP contribution in [0.1, 0.15) is 278 Å². The van der Waals surface area contributed by atoms with Crippen LogP contribution in [0.25, 0.3) is 0 Å². The molecular formula is C65H117NO10. The Morgan fingerprint density at radius 3 is 1.43 bits per heavy atom. The van der Waals surface area contributed by atoms with Crippen LogP contribution in [0.4, 0.5) is 0 Å². The van der Waals surface area contributed by atoms with Crippen LogP contribution in [0.3, 0.4) is 0 Å². The summed E-state index contributed by atoms with van der Waals surface area (Å²) < 4.78 is 17.6. The first-order chi connectivity index (χ1) is 37.2. The van der Waals surface area contributed by atoms with Crippen LogP contribution in [0, 0.1) is 0 Å². The number of allylic oxidation sites excluding steroid dienone is 9. The molecular weight excluding hydrogens is 955 g/mol. The molecule has 6 N–H and O–H groups in total. The molecule has 1 amide bonds. The first kappa shape index (κ1) is 71.4. The second-order valence-corrected chi connectivity index (χ2v) is 21.8. The van der Waals surface area contributed by atoms with Crippen LogP contribution in [-0.4, -0.2) is 99.6 Å². The van der Waals surface area contributed by atoms with Crippen molar-refractivity contribution in [2.45, 2.75) is 327 Å². The number of ether oxygens (including phenoxy) is 3. The number of nitrogens with one attached hydrogen (secondary N) is 1. The number of amides is 1. The molecule has 11 nitrogen and oxygen atoms in total. The summed E-state index contributed by atoms with van der Waals surface area (Å²) in [6.07, 6.45) is 55.4. The maximum Gasteiger partial charge on any atom is 0.306 e. The molecule has 0 saturated carbocycles. The number of hydrogen-bond acceptors (Lipinski definition) is 10. The predicted octanol–water partition coefficient (Wildman–Crippen LogP) is 15.0. The van der Waals surface area contributed by atoms with Crippen molar-refractivity contribution in [1.82, 2.24) is 5.32 Å². The molecule has 76 heavy (non-hydrogen) atoms. The summed E-state index contributed by atoms with van der Waals surface area (Å²) in [5, 5.41) is 57.0. The van der Waals surface area contributed by atoms with Crippen molar-refractivity contribution in [2.24, 2.45) is 0 Å². The quantitative estimate of drug-likeness (QED) is 0.0195. The Morgan fingerprint density at radius 1 is 0.526 bits per heavy atom. The summed E-state index contributed by atoms with van der Waals surface area (Å²) in [5.74, 6) is -1.20. The van der Waals surface area contributed by atoms with Gasteiger partial charge in [-0.25, -0.2) is 0 Å². The van der Waals surface area contributed by atoms with Gasteiger partial charge in [0, 0.05) is 6.42 Å². The van der Waals surface area contributed by atoms with Crippen LogP contribution in [0.2, 0.25) is 0 Å². The largest absolute Gasteiger partial charge is 0.454 e. The Kier molecular flexibility index (Phi) is 49.8. The lowest BCUT2D eigenvalue weighted by molar-refractivity contribution is -0.305. The number of aliphatic hydroxyl groups excluding tert-OH is 5. The van der Waals surface area contributed by atoms with E-state index in [9.17, 15) is 35.1 Å². The second-order valence-electron chi connectivity index (χ2n) is 21.8. The molecule has 1 aliphatic rings. The summed E-state index contributed by atoms with van der Waals surface area (Å²) in [6.45, 7) is 5.66. The number of unbranched alkanes of at least 4 members (excludes halogenated alkanes) is 31. The van der Waals surface area contributed by atoms with Gasteiger partial charge in [-0.1, -0.05) is 248 Å². The average Bonchev–Trinajstić information content (AvgIpc) is 3.42. The summed E-state index contributed by atoms with van der Waals surface area (Å²) >= 11 is 0. The van der Waals surface area contributed by atoms with E-state index in [1.165, 1.54) is 135 Å². The normalized spacial score (nSPS) is 19.5. The van der Waals surface area contributed by atoms with Crippen molar-refractivity contribution in [3.05, 3.63) is 60.8 Å². The van der Waals surface area contributed by atoms with E-state index < -0.39 is 67.4 Å². The Bertz CT molecular complexity index is 1460. The van der Waals surface area contributed by atoms with E-state index in [1.807, 2.05) is 6.08 Å².